The average molecular weight is 595 g/mol. The summed E-state index contributed by atoms with van der Waals surface area (Å²) in [4.78, 5) is 50.9. The van der Waals surface area contributed by atoms with Crippen molar-refractivity contribution in [3.8, 4) is 0 Å². The van der Waals surface area contributed by atoms with Crippen LogP contribution in [0.1, 0.15) is 79.7 Å². The van der Waals surface area contributed by atoms with E-state index in [1.54, 1.807) is 6.08 Å². The van der Waals surface area contributed by atoms with Gasteiger partial charge in [-0.3, -0.25) is 14.4 Å². The highest BCUT2D eigenvalue weighted by atomic mass is 16.6. The van der Waals surface area contributed by atoms with Gasteiger partial charge in [0, 0.05) is 50.0 Å². The molecule has 8 heteroatoms. The predicted octanol–water partition coefficient (Wildman–Crippen LogP) is 6.08. The van der Waals surface area contributed by atoms with E-state index in [9.17, 15) is 19.2 Å². The van der Waals surface area contributed by atoms with E-state index in [1.165, 1.54) is 26.8 Å². The van der Waals surface area contributed by atoms with Gasteiger partial charge in [-0.25, -0.2) is 4.79 Å². The maximum atomic E-state index is 13.0. The summed E-state index contributed by atoms with van der Waals surface area (Å²) >= 11 is 0. The minimum absolute atomic E-state index is 0.109. The van der Waals surface area contributed by atoms with Gasteiger partial charge in [0.05, 0.1) is 0 Å². The van der Waals surface area contributed by atoms with Crippen LogP contribution in [0.5, 0.6) is 0 Å². The van der Waals surface area contributed by atoms with Gasteiger partial charge in [-0.2, -0.15) is 0 Å². The number of rotatable bonds is 6. The van der Waals surface area contributed by atoms with Gasteiger partial charge in [-0.1, -0.05) is 64.6 Å². The molecule has 2 bridgehead atoms. The first-order valence-corrected chi connectivity index (χ1v) is 15.3. The molecule has 0 amide bonds. The van der Waals surface area contributed by atoms with Gasteiger partial charge >= 0.3 is 23.9 Å². The van der Waals surface area contributed by atoms with Crippen LogP contribution in [0.15, 0.2) is 48.6 Å². The Balaban J connectivity index is 1.81. The molecule has 8 nitrogen and oxygen atoms in total. The zero-order valence-corrected chi connectivity index (χ0v) is 26.5. The summed E-state index contributed by atoms with van der Waals surface area (Å²) in [6, 6.07) is 9.46. The van der Waals surface area contributed by atoms with Crippen LogP contribution in [-0.4, -0.2) is 48.3 Å². The van der Waals surface area contributed by atoms with Crippen LogP contribution in [0, 0.1) is 34.5 Å². The number of carbonyl (C=O) groups is 4. The molecule has 1 aromatic rings. The van der Waals surface area contributed by atoms with Gasteiger partial charge in [0.15, 0.2) is 0 Å². The molecule has 4 rings (SSSR count). The molecule has 0 aromatic heterocycles. The van der Waals surface area contributed by atoms with Gasteiger partial charge in [-0.15, -0.1) is 0 Å². The van der Waals surface area contributed by atoms with Crippen LogP contribution in [-0.2, 0) is 38.1 Å². The SMILES string of the molecule is C=C1[C@@H](OC(=O)/C=C/c2ccccc2)CC[C@@]2(C)[C@@H](OC(C)=O)[C@H](OC(C)=O)[C@H]3[C@H](C)CC[C@@H]([C@@H](OC(C)=O)[C@H]12)C3(C)C. The standard InChI is InChI=1S/C35H46O8/c1-20-14-16-26-31(40-22(3)36)30-21(2)27(43-28(39)17-15-25-12-10-9-11-13-25)18-19-35(30,8)33(42-24(5)38)32(41-23(4)37)29(20)34(26,6)7/h9-13,15,17,20,26-27,29-33H,2,14,16,18-19H2,1,3-8H3/b17-15+/t20-,26+,27+,29-,30+,31-,32-,33+,35-/m1/s1. The Bertz CT molecular complexity index is 1270. The van der Waals surface area contributed by atoms with E-state index in [-0.39, 0.29) is 17.8 Å². The summed E-state index contributed by atoms with van der Waals surface area (Å²) in [5, 5.41) is 0. The number of fused-ring (bicyclic) bond motifs is 3. The van der Waals surface area contributed by atoms with Crippen molar-refractivity contribution in [2.75, 3.05) is 0 Å². The molecule has 43 heavy (non-hydrogen) atoms. The van der Waals surface area contributed by atoms with Gasteiger partial charge in [0.1, 0.15) is 24.4 Å². The van der Waals surface area contributed by atoms with Crippen LogP contribution in [0.2, 0.25) is 0 Å². The minimum Gasteiger partial charge on any atom is -0.462 e. The summed E-state index contributed by atoms with van der Waals surface area (Å²) < 4.78 is 24.4. The predicted molar refractivity (Wildman–Crippen MR) is 161 cm³/mol. The van der Waals surface area contributed by atoms with E-state index in [1.807, 2.05) is 37.3 Å². The lowest BCUT2D eigenvalue weighted by atomic mass is 9.46. The topological polar surface area (TPSA) is 105 Å². The van der Waals surface area contributed by atoms with Crippen molar-refractivity contribution in [3.05, 3.63) is 54.1 Å². The lowest BCUT2D eigenvalue weighted by Gasteiger charge is -2.62. The fourth-order valence-corrected chi connectivity index (χ4v) is 8.51. The molecule has 3 fully saturated rings. The van der Waals surface area contributed by atoms with E-state index < -0.39 is 65.0 Å². The van der Waals surface area contributed by atoms with Gasteiger partial charge in [-0.05, 0) is 54.2 Å². The third-order valence-corrected chi connectivity index (χ3v) is 10.2. The van der Waals surface area contributed by atoms with Crippen LogP contribution in [0.3, 0.4) is 0 Å². The maximum absolute atomic E-state index is 13.0. The second-order valence-corrected chi connectivity index (χ2v) is 13.5. The molecule has 0 radical (unpaired) electrons. The van der Waals surface area contributed by atoms with Gasteiger partial charge in [0.25, 0.3) is 0 Å². The monoisotopic (exact) mass is 594 g/mol. The molecule has 9 atom stereocenters. The number of ether oxygens (including phenoxy) is 4. The Morgan fingerprint density at radius 3 is 2.05 bits per heavy atom. The molecule has 0 spiro atoms. The highest BCUT2D eigenvalue weighted by molar-refractivity contribution is 5.87. The van der Waals surface area contributed by atoms with Crippen molar-refractivity contribution in [1.82, 2.24) is 0 Å². The molecule has 234 valence electrons. The quantitative estimate of drug-likeness (QED) is 0.169. The molecule has 3 aliphatic rings. The Kier molecular flexibility index (Phi) is 9.57. The van der Waals surface area contributed by atoms with Crippen molar-refractivity contribution in [2.45, 2.75) is 98.6 Å². The number of benzene rings is 1. The summed E-state index contributed by atoms with van der Waals surface area (Å²) in [6.07, 6.45) is 2.76. The first-order valence-electron chi connectivity index (χ1n) is 15.3. The first kappa shape index (κ1) is 32.5. The summed E-state index contributed by atoms with van der Waals surface area (Å²) in [7, 11) is 0. The normalized spacial score (nSPS) is 35.1. The molecule has 0 saturated heterocycles. The number of hydrogen-bond acceptors (Lipinski definition) is 8. The second-order valence-electron chi connectivity index (χ2n) is 13.5. The third-order valence-electron chi connectivity index (χ3n) is 10.2. The number of hydrogen-bond donors (Lipinski definition) is 0. The van der Waals surface area contributed by atoms with E-state index in [2.05, 4.69) is 27.4 Å². The fourth-order valence-electron chi connectivity index (χ4n) is 8.51. The summed E-state index contributed by atoms with van der Waals surface area (Å²) in [5.74, 6) is -2.52. The van der Waals surface area contributed by atoms with E-state index in [0.717, 1.165) is 18.4 Å². The number of carbonyl (C=O) groups excluding carboxylic acids is 4. The molecule has 0 unspecified atom stereocenters. The molecule has 0 heterocycles. The van der Waals surface area contributed by atoms with Crippen molar-refractivity contribution < 1.29 is 38.1 Å². The highest BCUT2D eigenvalue weighted by Crippen LogP contribution is 2.62. The molecule has 0 N–H and O–H groups in total. The third kappa shape index (κ3) is 6.58. The largest absolute Gasteiger partial charge is 0.462 e. The maximum Gasteiger partial charge on any atom is 0.331 e. The van der Waals surface area contributed by atoms with Crippen molar-refractivity contribution in [3.63, 3.8) is 0 Å². The van der Waals surface area contributed by atoms with E-state index in [4.69, 9.17) is 18.9 Å². The first-order chi connectivity index (χ1) is 20.2. The molecule has 3 aliphatic carbocycles. The molecular formula is C35H46O8. The van der Waals surface area contributed by atoms with Crippen LogP contribution in [0.25, 0.3) is 6.08 Å². The van der Waals surface area contributed by atoms with Gasteiger partial charge < -0.3 is 18.9 Å². The molecular weight excluding hydrogens is 548 g/mol. The lowest BCUT2D eigenvalue weighted by Crippen LogP contribution is -2.66. The Hall–Kier alpha value is -3.42. The van der Waals surface area contributed by atoms with Crippen LogP contribution in [0.4, 0.5) is 0 Å². The zero-order valence-electron chi connectivity index (χ0n) is 26.5. The second kappa shape index (κ2) is 12.7. The van der Waals surface area contributed by atoms with Crippen molar-refractivity contribution in [1.29, 1.82) is 0 Å². The molecule has 1 aromatic carbocycles. The van der Waals surface area contributed by atoms with Gasteiger partial charge in [0.2, 0.25) is 0 Å². The highest BCUT2D eigenvalue weighted by Gasteiger charge is 2.65. The summed E-state index contributed by atoms with van der Waals surface area (Å²) in [5.41, 5.74) is 0.164. The molecule has 0 aliphatic heterocycles. The molecule has 3 saturated carbocycles. The van der Waals surface area contributed by atoms with E-state index in [0.29, 0.717) is 18.4 Å². The lowest BCUT2D eigenvalue weighted by molar-refractivity contribution is -0.237. The van der Waals surface area contributed by atoms with E-state index >= 15 is 0 Å². The average Bonchev–Trinajstić information content (AvgIpc) is 2.90. The fraction of sp³-hybridized carbons (Fsp3) is 0.600. The zero-order chi connectivity index (χ0) is 31.7. The Morgan fingerprint density at radius 2 is 1.44 bits per heavy atom. The smallest absolute Gasteiger partial charge is 0.331 e. The van der Waals surface area contributed by atoms with Crippen molar-refractivity contribution >= 4 is 30.0 Å². The minimum atomic E-state index is -0.839. The van der Waals surface area contributed by atoms with Crippen molar-refractivity contribution in [2.24, 2.45) is 34.5 Å². The van der Waals surface area contributed by atoms with Crippen LogP contribution < -0.4 is 0 Å². The van der Waals surface area contributed by atoms with Crippen LogP contribution >= 0.6 is 0 Å². The summed E-state index contributed by atoms with van der Waals surface area (Å²) in [6.45, 7) is 17.0. The Morgan fingerprint density at radius 1 is 0.837 bits per heavy atom. The Labute approximate surface area is 255 Å². The number of esters is 4.